The number of nitrogens with zero attached hydrogens (tertiary/aromatic N) is 1. The van der Waals surface area contributed by atoms with Gasteiger partial charge in [-0.05, 0) is 40.0 Å². The van der Waals surface area contributed by atoms with Gasteiger partial charge in [0, 0.05) is 20.0 Å². The molecule has 24 heavy (non-hydrogen) atoms. The van der Waals surface area contributed by atoms with Crippen molar-refractivity contribution in [3.8, 4) is 0 Å². The summed E-state index contributed by atoms with van der Waals surface area (Å²) in [6, 6.07) is -0.694. The smallest absolute Gasteiger partial charge is 0.407 e. The second-order valence-corrected chi connectivity index (χ2v) is 8.30. The van der Waals surface area contributed by atoms with Crippen LogP contribution in [0.25, 0.3) is 0 Å². The highest BCUT2D eigenvalue weighted by molar-refractivity contribution is 7.84. The summed E-state index contributed by atoms with van der Waals surface area (Å²) in [6.07, 6.45) is -0.562. The van der Waals surface area contributed by atoms with Crippen molar-refractivity contribution in [3.63, 3.8) is 0 Å². The molecule has 1 aliphatic carbocycles. The maximum absolute atomic E-state index is 12.1. The fourth-order valence-electron chi connectivity index (χ4n) is 2.63. The number of hydrogen-bond acceptors (Lipinski definition) is 6. The van der Waals surface area contributed by atoms with Crippen LogP contribution >= 0.6 is 0 Å². The predicted molar refractivity (Wildman–Crippen MR) is 87.2 cm³/mol. The first kappa shape index (κ1) is 20.7. The van der Waals surface area contributed by atoms with Gasteiger partial charge in [-0.15, -0.1) is 0 Å². The lowest BCUT2D eigenvalue weighted by molar-refractivity contribution is -0.134. The third-order valence-corrected chi connectivity index (χ3v) is 4.05. The third kappa shape index (κ3) is 7.02. The van der Waals surface area contributed by atoms with Crippen molar-refractivity contribution in [2.75, 3.05) is 14.1 Å². The Bertz CT molecular complexity index is 570. The summed E-state index contributed by atoms with van der Waals surface area (Å²) < 4.78 is 32.5. The minimum absolute atomic E-state index is 0.0833. The molecule has 0 radical (unpaired) electrons. The van der Waals surface area contributed by atoms with Crippen LogP contribution in [-0.4, -0.2) is 57.2 Å². The summed E-state index contributed by atoms with van der Waals surface area (Å²) in [5.41, 5.74) is -0.700. The van der Waals surface area contributed by atoms with Gasteiger partial charge >= 0.3 is 16.4 Å². The Kier molecular flexibility index (Phi) is 6.59. The summed E-state index contributed by atoms with van der Waals surface area (Å²) in [5, 5.41) is 7.53. The monoisotopic (exact) mass is 365 g/mol. The van der Waals surface area contributed by atoms with Crippen LogP contribution < -0.4 is 10.5 Å². The molecule has 0 aromatic carbocycles. The van der Waals surface area contributed by atoms with Gasteiger partial charge in [0.25, 0.3) is 0 Å². The SMILES string of the molecule is CN(C)C(=O)[C@H]1CC[C@H](OS(N)(=O)=O)[C@H](NC(=O)OC(C)(C)C)C1. The summed E-state index contributed by atoms with van der Waals surface area (Å²) in [6.45, 7) is 5.14. The van der Waals surface area contributed by atoms with Crippen LogP contribution in [0.15, 0.2) is 0 Å². The van der Waals surface area contributed by atoms with Gasteiger partial charge in [0.15, 0.2) is 0 Å². The Labute approximate surface area is 143 Å². The van der Waals surface area contributed by atoms with E-state index >= 15 is 0 Å². The van der Waals surface area contributed by atoms with E-state index in [1.807, 2.05) is 0 Å². The fourth-order valence-corrected chi connectivity index (χ4v) is 3.21. The van der Waals surface area contributed by atoms with E-state index in [-0.39, 0.29) is 24.7 Å². The number of alkyl carbamates (subject to hydrolysis) is 1. The normalized spacial score (nSPS) is 25.0. The molecule has 3 N–H and O–H groups in total. The highest BCUT2D eigenvalue weighted by Crippen LogP contribution is 2.29. The van der Waals surface area contributed by atoms with E-state index in [0.29, 0.717) is 6.42 Å². The highest BCUT2D eigenvalue weighted by Gasteiger charge is 2.38. The highest BCUT2D eigenvalue weighted by atomic mass is 32.2. The Morgan fingerprint density at radius 3 is 2.25 bits per heavy atom. The van der Waals surface area contributed by atoms with Gasteiger partial charge in [-0.3, -0.25) is 8.98 Å². The van der Waals surface area contributed by atoms with Crippen molar-refractivity contribution in [2.24, 2.45) is 11.1 Å². The van der Waals surface area contributed by atoms with E-state index in [9.17, 15) is 18.0 Å². The number of amides is 2. The van der Waals surface area contributed by atoms with Crippen LogP contribution in [0.1, 0.15) is 40.0 Å². The van der Waals surface area contributed by atoms with Crippen LogP contribution in [-0.2, 0) is 24.0 Å². The third-order valence-electron chi connectivity index (χ3n) is 3.54. The first-order valence-corrected chi connectivity index (χ1v) is 9.17. The van der Waals surface area contributed by atoms with Crippen molar-refractivity contribution in [1.29, 1.82) is 0 Å². The van der Waals surface area contributed by atoms with Crippen LogP contribution in [0, 0.1) is 5.92 Å². The van der Waals surface area contributed by atoms with Crippen molar-refractivity contribution in [2.45, 2.75) is 57.8 Å². The Balaban J connectivity index is 2.86. The Morgan fingerprint density at radius 1 is 1.21 bits per heavy atom. The quantitative estimate of drug-likeness (QED) is 0.740. The van der Waals surface area contributed by atoms with E-state index in [4.69, 9.17) is 14.1 Å². The summed E-state index contributed by atoms with van der Waals surface area (Å²) in [7, 11) is -0.880. The Morgan fingerprint density at radius 2 is 1.79 bits per heavy atom. The number of nitrogens with two attached hydrogens (primary N) is 1. The van der Waals surface area contributed by atoms with Gasteiger partial charge in [-0.2, -0.15) is 8.42 Å². The van der Waals surface area contributed by atoms with E-state index in [1.54, 1.807) is 34.9 Å². The van der Waals surface area contributed by atoms with Gasteiger partial charge in [-0.25, -0.2) is 9.93 Å². The summed E-state index contributed by atoms with van der Waals surface area (Å²) in [5.74, 6) is -0.416. The lowest BCUT2D eigenvalue weighted by Crippen LogP contribution is -2.52. The molecule has 0 spiro atoms. The van der Waals surface area contributed by atoms with Crippen molar-refractivity contribution in [1.82, 2.24) is 10.2 Å². The number of carbonyl (C=O) groups is 2. The zero-order valence-electron chi connectivity index (χ0n) is 14.7. The first-order chi connectivity index (χ1) is 10.8. The molecule has 0 heterocycles. The molecule has 0 unspecified atom stereocenters. The topological polar surface area (TPSA) is 128 Å². The van der Waals surface area contributed by atoms with E-state index in [2.05, 4.69) is 5.32 Å². The molecule has 0 aliphatic heterocycles. The van der Waals surface area contributed by atoms with Gasteiger partial charge in [0.2, 0.25) is 5.91 Å². The molecule has 140 valence electrons. The van der Waals surface area contributed by atoms with E-state index in [1.165, 1.54) is 4.90 Å². The van der Waals surface area contributed by atoms with E-state index in [0.717, 1.165) is 0 Å². The Hall–Kier alpha value is -1.39. The summed E-state index contributed by atoms with van der Waals surface area (Å²) in [4.78, 5) is 25.6. The lowest BCUT2D eigenvalue weighted by Gasteiger charge is -2.36. The van der Waals surface area contributed by atoms with Gasteiger partial charge < -0.3 is 15.0 Å². The van der Waals surface area contributed by atoms with Crippen LogP contribution in [0.3, 0.4) is 0 Å². The molecule has 1 aliphatic rings. The molecule has 1 fully saturated rings. The standard InChI is InChI=1S/C14H27N3O6S/c1-14(2,3)22-13(19)16-10-8-9(12(18)17(4)5)6-7-11(10)23-24(15,20)21/h9-11H,6-8H2,1-5H3,(H,16,19)(H2,15,20,21)/t9-,10+,11-/m0/s1. The molecule has 0 aromatic heterocycles. The zero-order valence-corrected chi connectivity index (χ0v) is 15.6. The number of carbonyl (C=O) groups excluding carboxylic acids is 2. The number of ether oxygens (including phenoxy) is 1. The first-order valence-electron chi connectivity index (χ1n) is 7.70. The van der Waals surface area contributed by atoms with Crippen LogP contribution in [0.4, 0.5) is 4.79 Å². The molecule has 0 bridgehead atoms. The molecular formula is C14H27N3O6S. The molecule has 0 aromatic rings. The minimum atomic E-state index is -4.17. The molecule has 2 amide bonds. The molecule has 1 rings (SSSR count). The average Bonchev–Trinajstić information content (AvgIpc) is 2.35. The molecule has 9 nitrogen and oxygen atoms in total. The van der Waals surface area contributed by atoms with Crippen molar-refractivity contribution < 1.29 is 26.9 Å². The lowest BCUT2D eigenvalue weighted by atomic mass is 9.83. The minimum Gasteiger partial charge on any atom is -0.444 e. The maximum Gasteiger partial charge on any atom is 0.407 e. The molecule has 3 atom stereocenters. The van der Waals surface area contributed by atoms with Gasteiger partial charge in [0.1, 0.15) is 5.60 Å². The predicted octanol–water partition coefficient (Wildman–Crippen LogP) is 0.357. The van der Waals surface area contributed by atoms with Crippen molar-refractivity contribution in [3.05, 3.63) is 0 Å². The summed E-state index contributed by atoms with van der Waals surface area (Å²) >= 11 is 0. The van der Waals surface area contributed by atoms with Crippen LogP contribution in [0.2, 0.25) is 0 Å². The second kappa shape index (κ2) is 7.66. The average molecular weight is 365 g/mol. The zero-order chi connectivity index (χ0) is 18.7. The maximum atomic E-state index is 12.1. The molecule has 0 saturated heterocycles. The number of rotatable bonds is 4. The molecular weight excluding hydrogens is 338 g/mol. The molecule has 1 saturated carbocycles. The number of nitrogens with one attached hydrogen (secondary N) is 1. The van der Waals surface area contributed by atoms with Gasteiger partial charge in [-0.1, -0.05) is 0 Å². The second-order valence-electron chi connectivity index (χ2n) is 7.12. The van der Waals surface area contributed by atoms with Crippen LogP contribution in [0.5, 0.6) is 0 Å². The largest absolute Gasteiger partial charge is 0.444 e. The fraction of sp³-hybridized carbons (Fsp3) is 0.857. The van der Waals surface area contributed by atoms with Gasteiger partial charge in [0.05, 0.1) is 12.1 Å². The number of hydrogen-bond donors (Lipinski definition) is 2. The molecule has 10 heteroatoms. The van der Waals surface area contributed by atoms with E-state index < -0.39 is 34.1 Å². The van der Waals surface area contributed by atoms with Crippen molar-refractivity contribution >= 4 is 22.3 Å².